The monoisotopic (exact) mass is 334 g/mol. The van der Waals surface area contributed by atoms with Crippen LogP contribution in [0.1, 0.15) is 0 Å². The van der Waals surface area contributed by atoms with Crippen molar-refractivity contribution in [1.82, 2.24) is 5.32 Å². The van der Waals surface area contributed by atoms with Gasteiger partial charge >= 0.3 is 0 Å². The summed E-state index contributed by atoms with van der Waals surface area (Å²) in [5.41, 5.74) is 0.693. The summed E-state index contributed by atoms with van der Waals surface area (Å²) < 4.78 is 5.32. The van der Waals surface area contributed by atoms with Gasteiger partial charge in [0, 0.05) is 5.69 Å². The maximum absolute atomic E-state index is 12.0. The first-order valence-electron chi connectivity index (χ1n) is 7.94. The Balaban J connectivity index is 1.46. The molecule has 0 aliphatic carbocycles. The van der Waals surface area contributed by atoms with Gasteiger partial charge in [0.1, 0.15) is 5.75 Å². The number of carbonyl (C=O) groups is 2. The number of para-hydroxylation sites is 1. The highest BCUT2D eigenvalue weighted by Crippen LogP contribution is 2.18. The number of hydrogen-bond donors (Lipinski definition) is 2. The molecule has 0 saturated heterocycles. The molecule has 25 heavy (non-hydrogen) atoms. The SMILES string of the molecule is O=C(COc1ccccc1)NCC(=O)Nc1ccc2ccccc2c1. The molecule has 0 aliphatic rings. The van der Waals surface area contributed by atoms with Gasteiger partial charge in [-0.05, 0) is 35.0 Å². The summed E-state index contributed by atoms with van der Waals surface area (Å²) in [6.07, 6.45) is 0. The van der Waals surface area contributed by atoms with Crippen molar-refractivity contribution in [2.24, 2.45) is 0 Å². The summed E-state index contributed by atoms with van der Waals surface area (Å²) in [4.78, 5) is 23.7. The Kier molecular flexibility index (Phi) is 5.26. The predicted octanol–water partition coefficient (Wildman–Crippen LogP) is 2.97. The molecule has 0 unspecified atom stereocenters. The topological polar surface area (TPSA) is 67.4 Å². The van der Waals surface area contributed by atoms with Crippen molar-refractivity contribution in [3.8, 4) is 5.75 Å². The normalized spacial score (nSPS) is 10.2. The molecule has 2 N–H and O–H groups in total. The van der Waals surface area contributed by atoms with Crippen LogP contribution in [0.4, 0.5) is 5.69 Å². The number of benzene rings is 3. The van der Waals surface area contributed by atoms with Crippen LogP contribution in [-0.2, 0) is 9.59 Å². The van der Waals surface area contributed by atoms with Crippen molar-refractivity contribution in [2.75, 3.05) is 18.5 Å². The second-order valence-electron chi connectivity index (χ2n) is 5.49. The van der Waals surface area contributed by atoms with E-state index in [9.17, 15) is 9.59 Å². The van der Waals surface area contributed by atoms with E-state index in [2.05, 4.69) is 10.6 Å². The summed E-state index contributed by atoms with van der Waals surface area (Å²) in [5.74, 6) is -0.0286. The summed E-state index contributed by atoms with van der Waals surface area (Å²) in [6.45, 7) is -0.239. The first-order valence-corrected chi connectivity index (χ1v) is 7.94. The number of hydrogen-bond acceptors (Lipinski definition) is 3. The van der Waals surface area contributed by atoms with E-state index in [1.165, 1.54) is 0 Å². The summed E-state index contributed by atoms with van der Waals surface area (Å²) in [5, 5.41) is 7.45. The van der Waals surface area contributed by atoms with Gasteiger partial charge in [0.2, 0.25) is 5.91 Å². The maximum Gasteiger partial charge on any atom is 0.258 e. The van der Waals surface area contributed by atoms with E-state index in [0.717, 1.165) is 10.8 Å². The van der Waals surface area contributed by atoms with Gasteiger partial charge in [-0.3, -0.25) is 9.59 Å². The van der Waals surface area contributed by atoms with Crippen molar-refractivity contribution in [3.63, 3.8) is 0 Å². The van der Waals surface area contributed by atoms with Gasteiger partial charge in [0.25, 0.3) is 5.91 Å². The van der Waals surface area contributed by atoms with E-state index in [0.29, 0.717) is 11.4 Å². The Labute approximate surface area is 145 Å². The van der Waals surface area contributed by atoms with Gasteiger partial charge in [0.15, 0.2) is 6.61 Å². The Morgan fingerprint density at radius 3 is 2.32 bits per heavy atom. The molecule has 3 rings (SSSR count). The van der Waals surface area contributed by atoms with Crippen molar-refractivity contribution in [3.05, 3.63) is 72.8 Å². The van der Waals surface area contributed by atoms with Crippen molar-refractivity contribution >= 4 is 28.3 Å². The Morgan fingerprint density at radius 2 is 1.52 bits per heavy atom. The Bertz CT molecular complexity index is 878. The first-order chi connectivity index (χ1) is 12.2. The third-order valence-electron chi connectivity index (χ3n) is 3.59. The minimum absolute atomic E-state index is 0.107. The third-order valence-corrected chi connectivity index (χ3v) is 3.59. The summed E-state index contributed by atoms with van der Waals surface area (Å²) in [6, 6.07) is 22.6. The molecule has 0 fully saturated rings. The molecular formula is C20H18N2O3. The number of nitrogens with one attached hydrogen (secondary N) is 2. The number of amides is 2. The maximum atomic E-state index is 12.0. The molecule has 0 heterocycles. The molecule has 5 nitrogen and oxygen atoms in total. The Morgan fingerprint density at radius 1 is 0.800 bits per heavy atom. The van der Waals surface area contributed by atoms with Gasteiger partial charge in [-0.15, -0.1) is 0 Å². The van der Waals surface area contributed by atoms with Crippen molar-refractivity contribution in [1.29, 1.82) is 0 Å². The van der Waals surface area contributed by atoms with Crippen molar-refractivity contribution < 1.29 is 14.3 Å². The molecule has 0 aliphatic heterocycles. The lowest BCUT2D eigenvalue weighted by Crippen LogP contribution is -2.35. The van der Waals surface area contributed by atoms with E-state index in [-0.39, 0.29) is 25.0 Å². The largest absolute Gasteiger partial charge is 0.484 e. The van der Waals surface area contributed by atoms with Crippen LogP contribution in [0.5, 0.6) is 5.75 Å². The number of rotatable bonds is 6. The Hall–Kier alpha value is -3.34. The van der Waals surface area contributed by atoms with E-state index in [1.54, 1.807) is 12.1 Å². The van der Waals surface area contributed by atoms with Crippen LogP contribution in [0.25, 0.3) is 10.8 Å². The summed E-state index contributed by atoms with van der Waals surface area (Å²) >= 11 is 0. The molecule has 0 aromatic heterocycles. The molecule has 0 atom stereocenters. The zero-order valence-corrected chi connectivity index (χ0v) is 13.6. The summed E-state index contributed by atoms with van der Waals surface area (Å²) in [7, 11) is 0. The van der Waals surface area contributed by atoms with Gasteiger partial charge in [-0.2, -0.15) is 0 Å². The third kappa shape index (κ3) is 4.81. The lowest BCUT2D eigenvalue weighted by atomic mass is 10.1. The zero-order valence-electron chi connectivity index (χ0n) is 13.6. The van der Waals surface area contributed by atoms with Crippen LogP contribution in [0.3, 0.4) is 0 Å². The van der Waals surface area contributed by atoms with Crippen LogP contribution in [0.2, 0.25) is 0 Å². The van der Waals surface area contributed by atoms with Crippen LogP contribution in [0, 0.1) is 0 Å². The second-order valence-corrected chi connectivity index (χ2v) is 5.49. The fourth-order valence-electron chi connectivity index (χ4n) is 2.37. The molecule has 0 saturated carbocycles. The molecule has 3 aromatic rings. The second kappa shape index (κ2) is 7.97. The molecule has 0 radical (unpaired) electrons. The average Bonchev–Trinajstić information content (AvgIpc) is 2.65. The highest BCUT2D eigenvalue weighted by atomic mass is 16.5. The highest BCUT2D eigenvalue weighted by Gasteiger charge is 2.07. The van der Waals surface area contributed by atoms with E-state index >= 15 is 0 Å². The minimum Gasteiger partial charge on any atom is -0.484 e. The zero-order chi connectivity index (χ0) is 17.5. The fraction of sp³-hybridized carbons (Fsp3) is 0.100. The quantitative estimate of drug-likeness (QED) is 0.728. The van der Waals surface area contributed by atoms with E-state index in [1.807, 2.05) is 60.7 Å². The smallest absolute Gasteiger partial charge is 0.258 e. The van der Waals surface area contributed by atoms with Crippen LogP contribution in [-0.4, -0.2) is 25.0 Å². The molecule has 2 amide bonds. The predicted molar refractivity (Wildman–Crippen MR) is 97.5 cm³/mol. The van der Waals surface area contributed by atoms with Crippen molar-refractivity contribution in [2.45, 2.75) is 0 Å². The first kappa shape index (κ1) is 16.5. The molecule has 3 aromatic carbocycles. The van der Waals surface area contributed by atoms with E-state index in [4.69, 9.17) is 4.74 Å². The average molecular weight is 334 g/mol. The molecule has 126 valence electrons. The minimum atomic E-state index is -0.350. The van der Waals surface area contributed by atoms with E-state index < -0.39 is 0 Å². The molecular weight excluding hydrogens is 316 g/mol. The van der Waals surface area contributed by atoms with Gasteiger partial charge < -0.3 is 15.4 Å². The number of carbonyl (C=O) groups excluding carboxylic acids is 2. The standard InChI is InChI=1S/C20H18N2O3/c23-19(13-21-20(24)14-25-18-8-2-1-3-9-18)22-17-11-10-15-6-4-5-7-16(15)12-17/h1-12H,13-14H2,(H,21,24)(H,22,23). The van der Waals surface area contributed by atoms with Crippen LogP contribution in [0.15, 0.2) is 72.8 Å². The van der Waals surface area contributed by atoms with Gasteiger partial charge in [-0.1, -0.05) is 48.5 Å². The fourth-order valence-corrected chi connectivity index (χ4v) is 2.37. The number of anilines is 1. The number of fused-ring (bicyclic) bond motifs is 1. The molecule has 0 bridgehead atoms. The lowest BCUT2D eigenvalue weighted by Gasteiger charge is -2.09. The highest BCUT2D eigenvalue weighted by molar-refractivity contribution is 5.97. The number of ether oxygens (including phenoxy) is 1. The van der Waals surface area contributed by atoms with Gasteiger partial charge in [-0.25, -0.2) is 0 Å². The molecule has 5 heteroatoms. The van der Waals surface area contributed by atoms with Gasteiger partial charge in [0.05, 0.1) is 6.54 Å². The van der Waals surface area contributed by atoms with Crippen LogP contribution >= 0.6 is 0 Å². The molecule has 0 spiro atoms. The lowest BCUT2D eigenvalue weighted by molar-refractivity contribution is -0.125. The van der Waals surface area contributed by atoms with Crippen LogP contribution < -0.4 is 15.4 Å².